The number of nitrogens with zero attached hydrogens (tertiary/aromatic N) is 3. The van der Waals surface area contributed by atoms with Gasteiger partial charge in [-0.15, -0.1) is 0 Å². The van der Waals surface area contributed by atoms with Crippen molar-refractivity contribution in [3.63, 3.8) is 0 Å². The fourth-order valence-corrected chi connectivity index (χ4v) is 4.08. The van der Waals surface area contributed by atoms with E-state index in [-0.39, 0.29) is 5.91 Å². The molecule has 142 valence electrons. The van der Waals surface area contributed by atoms with E-state index < -0.39 is 0 Å². The average molecular weight is 378 g/mol. The third-order valence-electron chi connectivity index (χ3n) is 4.54. The molecule has 2 aromatic rings. The molecule has 1 aliphatic rings. The van der Waals surface area contributed by atoms with E-state index in [9.17, 15) is 4.79 Å². The first-order valence-corrected chi connectivity index (χ1v) is 10.1. The van der Waals surface area contributed by atoms with Gasteiger partial charge in [-0.3, -0.25) is 14.6 Å². The molecule has 7 heteroatoms. The van der Waals surface area contributed by atoms with Gasteiger partial charge in [0.1, 0.15) is 5.75 Å². The molecule has 0 radical (unpaired) electrons. The van der Waals surface area contributed by atoms with E-state index in [4.69, 9.17) is 14.5 Å². The summed E-state index contributed by atoms with van der Waals surface area (Å²) in [7, 11) is 1.65. The van der Waals surface area contributed by atoms with Crippen molar-refractivity contribution in [1.82, 2.24) is 9.88 Å². The standard InChI is InChI=1S/C19H27N3O3S/c1-3-5-18(23)22(9-4-8-21-10-12-25-13-11-21)19-20-16-14-15(24-2)6-7-17(16)26-19/h6-7,14H,3-5,8-13H2,1-2H3. The number of rotatable bonds is 8. The van der Waals surface area contributed by atoms with Crippen molar-refractivity contribution < 1.29 is 14.3 Å². The van der Waals surface area contributed by atoms with E-state index in [1.165, 1.54) is 0 Å². The fourth-order valence-electron chi connectivity index (χ4n) is 3.09. The first-order valence-electron chi connectivity index (χ1n) is 9.26. The molecule has 1 aromatic heterocycles. The summed E-state index contributed by atoms with van der Waals surface area (Å²) in [6.45, 7) is 7.28. The first kappa shape index (κ1) is 19.1. The lowest BCUT2D eigenvalue weighted by molar-refractivity contribution is -0.118. The Hall–Kier alpha value is -1.70. The van der Waals surface area contributed by atoms with Crippen LogP contribution in [-0.2, 0) is 9.53 Å². The third-order valence-corrected chi connectivity index (χ3v) is 5.60. The predicted octanol–water partition coefficient (Wildman–Crippen LogP) is 3.16. The van der Waals surface area contributed by atoms with Crippen molar-refractivity contribution in [2.75, 3.05) is 51.4 Å². The lowest BCUT2D eigenvalue weighted by atomic mass is 10.2. The molecule has 26 heavy (non-hydrogen) atoms. The highest BCUT2D eigenvalue weighted by atomic mass is 32.1. The largest absolute Gasteiger partial charge is 0.497 e. The van der Waals surface area contributed by atoms with Crippen LogP contribution in [-0.4, -0.2) is 62.3 Å². The zero-order valence-corrected chi connectivity index (χ0v) is 16.4. The van der Waals surface area contributed by atoms with E-state index in [1.54, 1.807) is 18.4 Å². The molecule has 0 aliphatic carbocycles. The van der Waals surface area contributed by atoms with Gasteiger partial charge in [-0.2, -0.15) is 0 Å². The van der Waals surface area contributed by atoms with Gasteiger partial charge in [-0.25, -0.2) is 4.98 Å². The first-order chi connectivity index (χ1) is 12.7. The zero-order chi connectivity index (χ0) is 18.4. The summed E-state index contributed by atoms with van der Waals surface area (Å²) in [6, 6.07) is 5.86. The molecule has 2 heterocycles. The molecule has 6 nitrogen and oxygen atoms in total. The van der Waals surface area contributed by atoms with Crippen molar-refractivity contribution in [3.8, 4) is 5.75 Å². The summed E-state index contributed by atoms with van der Waals surface area (Å²) in [4.78, 5) is 21.6. The van der Waals surface area contributed by atoms with Gasteiger partial charge in [0.2, 0.25) is 5.91 Å². The average Bonchev–Trinajstić information content (AvgIpc) is 3.08. The SMILES string of the molecule is CCCC(=O)N(CCCN1CCOCC1)c1nc2cc(OC)ccc2s1. The Morgan fingerprint density at radius 3 is 2.92 bits per heavy atom. The topological polar surface area (TPSA) is 54.9 Å². The summed E-state index contributed by atoms with van der Waals surface area (Å²) in [5, 5.41) is 0.786. The van der Waals surface area contributed by atoms with Crippen LogP contribution < -0.4 is 9.64 Å². The normalized spacial score (nSPS) is 15.3. The number of methoxy groups -OCH3 is 1. The molecule has 0 atom stereocenters. The number of ether oxygens (including phenoxy) is 2. The molecule has 0 spiro atoms. The van der Waals surface area contributed by atoms with Crippen LogP contribution in [0, 0.1) is 0 Å². The van der Waals surface area contributed by atoms with Crippen LogP contribution in [0.5, 0.6) is 5.75 Å². The quantitative estimate of drug-likeness (QED) is 0.707. The second-order valence-corrected chi connectivity index (χ2v) is 7.44. The number of aromatic nitrogens is 1. The van der Waals surface area contributed by atoms with Crippen LogP contribution in [0.3, 0.4) is 0 Å². The summed E-state index contributed by atoms with van der Waals surface area (Å²) < 4.78 is 11.7. The molecule has 1 saturated heterocycles. The number of morpholine rings is 1. The number of carbonyl (C=O) groups excluding carboxylic acids is 1. The molecule has 0 unspecified atom stereocenters. The van der Waals surface area contributed by atoms with Crippen LogP contribution in [0.2, 0.25) is 0 Å². The Balaban J connectivity index is 1.71. The summed E-state index contributed by atoms with van der Waals surface area (Å²) in [5.74, 6) is 0.939. The molecule has 3 rings (SSSR count). The minimum Gasteiger partial charge on any atom is -0.497 e. The van der Waals surface area contributed by atoms with Crippen molar-refractivity contribution in [1.29, 1.82) is 0 Å². The highest BCUT2D eigenvalue weighted by Crippen LogP contribution is 2.31. The van der Waals surface area contributed by atoms with Gasteiger partial charge in [-0.1, -0.05) is 18.3 Å². The van der Waals surface area contributed by atoms with E-state index >= 15 is 0 Å². The smallest absolute Gasteiger partial charge is 0.228 e. The summed E-state index contributed by atoms with van der Waals surface area (Å²) in [5.41, 5.74) is 0.881. The van der Waals surface area contributed by atoms with Gasteiger partial charge < -0.3 is 9.47 Å². The molecular weight excluding hydrogens is 350 g/mol. The molecule has 0 bridgehead atoms. The van der Waals surface area contributed by atoms with E-state index in [0.717, 1.165) is 66.8 Å². The molecule has 0 N–H and O–H groups in total. The van der Waals surface area contributed by atoms with Crippen LogP contribution in [0.1, 0.15) is 26.2 Å². The number of hydrogen-bond acceptors (Lipinski definition) is 6. The minimum absolute atomic E-state index is 0.153. The molecule has 1 aliphatic heterocycles. The number of thiazole rings is 1. The van der Waals surface area contributed by atoms with Gasteiger partial charge >= 0.3 is 0 Å². The summed E-state index contributed by atoms with van der Waals surface area (Å²) >= 11 is 1.57. The Morgan fingerprint density at radius 1 is 1.38 bits per heavy atom. The number of fused-ring (bicyclic) bond motifs is 1. The lowest BCUT2D eigenvalue weighted by Gasteiger charge is -2.27. The van der Waals surface area contributed by atoms with Gasteiger partial charge in [0.15, 0.2) is 5.13 Å². The monoisotopic (exact) mass is 377 g/mol. The Labute approximate surface area is 158 Å². The molecule has 0 saturated carbocycles. The third kappa shape index (κ3) is 4.72. The van der Waals surface area contributed by atoms with Gasteiger partial charge in [0.05, 0.1) is 30.5 Å². The van der Waals surface area contributed by atoms with Crippen molar-refractivity contribution >= 4 is 32.6 Å². The second-order valence-electron chi connectivity index (χ2n) is 6.43. The minimum atomic E-state index is 0.153. The summed E-state index contributed by atoms with van der Waals surface area (Å²) in [6.07, 6.45) is 2.34. The lowest BCUT2D eigenvalue weighted by Crippen LogP contribution is -2.39. The second kappa shape index (κ2) is 9.30. The zero-order valence-electron chi connectivity index (χ0n) is 15.6. The Morgan fingerprint density at radius 2 is 2.19 bits per heavy atom. The molecule has 1 amide bonds. The van der Waals surface area contributed by atoms with E-state index in [0.29, 0.717) is 13.0 Å². The van der Waals surface area contributed by atoms with Crippen molar-refractivity contribution in [2.45, 2.75) is 26.2 Å². The van der Waals surface area contributed by atoms with Crippen LogP contribution in [0.15, 0.2) is 18.2 Å². The fraction of sp³-hybridized carbons (Fsp3) is 0.579. The maximum atomic E-state index is 12.7. The van der Waals surface area contributed by atoms with Gasteiger partial charge in [0.25, 0.3) is 0 Å². The van der Waals surface area contributed by atoms with E-state index in [2.05, 4.69) is 4.90 Å². The number of benzene rings is 1. The maximum Gasteiger partial charge on any atom is 0.228 e. The van der Waals surface area contributed by atoms with Crippen molar-refractivity contribution in [2.24, 2.45) is 0 Å². The molecular formula is C19H27N3O3S. The van der Waals surface area contributed by atoms with Crippen LogP contribution in [0.25, 0.3) is 10.2 Å². The van der Waals surface area contributed by atoms with Gasteiger partial charge in [-0.05, 0) is 25.0 Å². The maximum absolute atomic E-state index is 12.7. The molecule has 1 aromatic carbocycles. The number of carbonyl (C=O) groups is 1. The predicted molar refractivity (Wildman–Crippen MR) is 105 cm³/mol. The van der Waals surface area contributed by atoms with Crippen LogP contribution >= 0.6 is 11.3 Å². The Bertz CT molecular complexity index is 728. The number of hydrogen-bond donors (Lipinski definition) is 0. The van der Waals surface area contributed by atoms with Crippen LogP contribution in [0.4, 0.5) is 5.13 Å². The van der Waals surface area contributed by atoms with E-state index in [1.807, 2.05) is 30.0 Å². The number of anilines is 1. The van der Waals surface area contributed by atoms with Gasteiger partial charge in [0, 0.05) is 38.7 Å². The number of amides is 1. The Kier molecular flexibility index (Phi) is 6.82. The highest BCUT2D eigenvalue weighted by molar-refractivity contribution is 7.22. The highest BCUT2D eigenvalue weighted by Gasteiger charge is 2.20. The van der Waals surface area contributed by atoms with Crippen molar-refractivity contribution in [3.05, 3.63) is 18.2 Å². The molecule has 1 fully saturated rings.